The summed E-state index contributed by atoms with van der Waals surface area (Å²) in [6, 6.07) is 5.12. The van der Waals surface area contributed by atoms with Gasteiger partial charge < -0.3 is 15.2 Å². The Hall–Kier alpha value is -1.50. The number of benzene rings is 1. The maximum atomic E-state index is 11.9. The van der Waals surface area contributed by atoms with E-state index < -0.39 is 6.36 Å². The highest BCUT2D eigenvalue weighted by Gasteiger charge is 2.31. The highest BCUT2D eigenvalue weighted by molar-refractivity contribution is 7.80. The van der Waals surface area contributed by atoms with Gasteiger partial charge in [-0.2, -0.15) is 0 Å². The quantitative estimate of drug-likeness (QED) is 0.833. The van der Waals surface area contributed by atoms with Crippen molar-refractivity contribution in [3.05, 3.63) is 24.3 Å². The molecule has 0 saturated carbocycles. The van der Waals surface area contributed by atoms with Gasteiger partial charge in [-0.1, -0.05) is 18.3 Å². The standard InChI is InChI=1S/C9H8F3NO2S/c10-9(11,12)15-7-3-1-2-6(4-7)14-5-8(13)16/h1-4H,5H2,(H2,13,16). The first-order chi connectivity index (χ1) is 7.37. The number of hydrogen-bond donors (Lipinski definition) is 1. The highest BCUT2D eigenvalue weighted by atomic mass is 32.1. The smallest absolute Gasteiger partial charge is 0.486 e. The largest absolute Gasteiger partial charge is 0.573 e. The van der Waals surface area contributed by atoms with Crippen molar-refractivity contribution >= 4 is 17.2 Å². The SMILES string of the molecule is NC(=S)COc1cccc(OC(F)(F)F)c1. The molecule has 0 aliphatic heterocycles. The summed E-state index contributed by atoms with van der Waals surface area (Å²) in [6.45, 7) is -0.0369. The molecule has 0 spiro atoms. The van der Waals surface area contributed by atoms with Crippen LogP contribution in [0.5, 0.6) is 11.5 Å². The summed E-state index contributed by atoms with van der Waals surface area (Å²) >= 11 is 4.56. The Labute approximate surface area is 94.9 Å². The van der Waals surface area contributed by atoms with Crippen molar-refractivity contribution in [1.29, 1.82) is 0 Å². The average molecular weight is 251 g/mol. The van der Waals surface area contributed by atoms with E-state index in [0.717, 1.165) is 6.07 Å². The molecule has 1 rings (SSSR count). The number of halogens is 3. The van der Waals surface area contributed by atoms with E-state index >= 15 is 0 Å². The van der Waals surface area contributed by atoms with Gasteiger partial charge in [0.05, 0.1) is 0 Å². The Balaban J connectivity index is 2.67. The zero-order valence-corrected chi connectivity index (χ0v) is 8.77. The molecule has 0 aliphatic carbocycles. The zero-order chi connectivity index (χ0) is 12.2. The van der Waals surface area contributed by atoms with Gasteiger partial charge in [0.25, 0.3) is 0 Å². The fourth-order valence-electron chi connectivity index (χ4n) is 0.916. The molecular weight excluding hydrogens is 243 g/mol. The van der Waals surface area contributed by atoms with Crippen molar-refractivity contribution in [3.8, 4) is 11.5 Å². The van der Waals surface area contributed by atoms with E-state index in [4.69, 9.17) is 10.5 Å². The monoisotopic (exact) mass is 251 g/mol. The highest BCUT2D eigenvalue weighted by Crippen LogP contribution is 2.25. The van der Waals surface area contributed by atoms with Crippen LogP contribution in [0.25, 0.3) is 0 Å². The molecule has 88 valence electrons. The Morgan fingerprint density at radius 1 is 1.31 bits per heavy atom. The van der Waals surface area contributed by atoms with Crippen LogP contribution < -0.4 is 15.2 Å². The second kappa shape index (κ2) is 5.02. The van der Waals surface area contributed by atoms with Crippen LogP contribution in [-0.4, -0.2) is 18.0 Å². The molecular formula is C9H8F3NO2S. The van der Waals surface area contributed by atoms with Crippen molar-refractivity contribution < 1.29 is 22.6 Å². The molecule has 0 heterocycles. The lowest BCUT2D eigenvalue weighted by Gasteiger charge is -2.10. The fraction of sp³-hybridized carbons (Fsp3) is 0.222. The molecule has 1 aromatic carbocycles. The molecule has 16 heavy (non-hydrogen) atoms. The summed E-state index contributed by atoms with van der Waals surface area (Å²) in [5.41, 5.74) is 5.18. The molecule has 0 unspecified atom stereocenters. The van der Waals surface area contributed by atoms with Crippen LogP contribution in [0.2, 0.25) is 0 Å². The first-order valence-corrected chi connectivity index (χ1v) is 4.54. The second-order valence-electron chi connectivity index (χ2n) is 2.78. The molecule has 0 aromatic heterocycles. The van der Waals surface area contributed by atoms with Gasteiger partial charge in [0.15, 0.2) is 0 Å². The Morgan fingerprint density at radius 3 is 2.50 bits per heavy atom. The molecule has 7 heteroatoms. The van der Waals surface area contributed by atoms with Gasteiger partial charge in [-0.3, -0.25) is 0 Å². The topological polar surface area (TPSA) is 44.5 Å². The molecule has 0 atom stereocenters. The molecule has 1 aromatic rings. The van der Waals surface area contributed by atoms with E-state index in [1.807, 2.05) is 0 Å². The first kappa shape index (κ1) is 12.6. The number of nitrogens with two attached hydrogens (primary N) is 1. The van der Waals surface area contributed by atoms with E-state index in [1.54, 1.807) is 0 Å². The van der Waals surface area contributed by atoms with E-state index in [1.165, 1.54) is 18.2 Å². The molecule has 0 saturated heterocycles. The van der Waals surface area contributed by atoms with Gasteiger partial charge in [0.1, 0.15) is 23.1 Å². The van der Waals surface area contributed by atoms with Crippen LogP contribution in [0.3, 0.4) is 0 Å². The van der Waals surface area contributed by atoms with Crippen molar-refractivity contribution in [1.82, 2.24) is 0 Å². The van der Waals surface area contributed by atoms with Gasteiger partial charge in [-0.05, 0) is 12.1 Å². The summed E-state index contributed by atoms with van der Waals surface area (Å²) in [4.78, 5) is 0.113. The van der Waals surface area contributed by atoms with Crippen LogP contribution in [-0.2, 0) is 0 Å². The average Bonchev–Trinajstić information content (AvgIpc) is 2.12. The van der Waals surface area contributed by atoms with Crippen molar-refractivity contribution in [2.24, 2.45) is 5.73 Å². The van der Waals surface area contributed by atoms with Gasteiger partial charge in [0, 0.05) is 6.07 Å². The van der Waals surface area contributed by atoms with E-state index in [2.05, 4.69) is 17.0 Å². The lowest BCUT2D eigenvalue weighted by Crippen LogP contribution is -2.18. The predicted octanol–water partition coefficient (Wildman–Crippen LogP) is 2.25. The lowest BCUT2D eigenvalue weighted by molar-refractivity contribution is -0.274. The summed E-state index contributed by atoms with van der Waals surface area (Å²) in [5, 5.41) is 0. The van der Waals surface area contributed by atoms with Crippen molar-refractivity contribution in [2.45, 2.75) is 6.36 Å². The molecule has 0 radical (unpaired) electrons. The summed E-state index contributed by atoms with van der Waals surface area (Å²) < 4.78 is 44.4. The minimum absolute atomic E-state index is 0.0369. The van der Waals surface area contributed by atoms with Crippen LogP contribution >= 0.6 is 12.2 Å². The summed E-state index contributed by atoms with van der Waals surface area (Å²) in [5.74, 6) is -0.150. The Morgan fingerprint density at radius 2 is 1.94 bits per heavy atom. The van der Waals surface area contributed by atoms with Gasteiger partial charge in [-0.25, -0.2) is 0 Å². The molecule has 0 aliphatic rings. The minimum atomic E-state index is -4.72. The van der Waals surface area contributed by atoms with Gasteiger partial charge in [0.2, 0.25) is 0 Å². The van der Waals surface area contributed by atoms with Crippen LogP contribution in [0.1, 0.15) is 0 Å². The van der Waals surface area contributed by atoms with Crippen LogP contribution in [0.4, 0.5) is 13.2 Å². The summed E-state index contributed by atoms with van der Waals surface area (Å²) in [7, 11) is 0. The number of thiocarbonyl (C=S) groups is 1. The normalized spacial score (nSPS) is 10.9. The molecule has 0 fully saturated rings. The third-order valence-electron chi connectivity index (χ3n) is 1.42. The number of alkyl halides is 3. The minimum Gasteiger partial charge on any atom is -0.486 e. The Bertz CT molecular complexity index is 381. The van der Waals surface area contributed by atoms with Crippen molar-refractivity contribution in [2.75, 3.05) is 6.61 Å². The third kappa shape index (κ3) is 4.83. The van der Waals surface area contributed by atoms with E-state index in [-0.39, 0.29) is 23.1 Å². The maximum absolute atomic E-state index is 11.9. The molecule has 2 N–H and O–H groups in total. The molecule has 0 bridgehead atoms. The first-order valence-electron chi connectivity index (χ1n) is 4.14. The lowest BCUT2D eigenvalue weighted by atomic mass is 10.3. The Kier molecular flexibility index (Phi) is 3.94. The number of ether oxygens (including phenoxy) is 2. The fourth-order valence-corrected chi connectivity index (χ4v) is 0.975. The van der Waals surface area contributed by atoms with Gasteiger partial charge >= 0.3 is 6.36 Å². The van der Waals surface area contributed by atoms with E-state index in [9.17, 15) is 13.2 Å². The molecule has 3 nitrogen and oxygen atoms in total. The van der Waals surface area contributed by atoms with E-state index in [0.29, 0.717) is 0 Å². The van der Waals surface area contributed by atoms with Gasteiger partial charge in [-0.15, -0.1) is 13.2 Å². The van der Waals surface area contributed by atoms with Crippen molar-refractivity contribution in [3.63, 3.8) is 0 Å². The summed E-state index contributed by atoms with van der Waals surface area (Å²) in [6.07, 6.45) is -4.72. The van der Waals surface area contributed by atoms with Crippen LogP contribution in [0.15, 0.2) is 24.3 Å². The zero-order valence-electron chi connectivity index (χ0n) is 7.95. The van der Waals surface area contributed by atoms with Crippen LogP contribution in [0, 0.1) is 0 Å². The number of rotatable bonds is 4. The third-order valence-corrected chi connectivity index (χ3v) is 1.54. The predicted molar refractivity (Wildman–Crippen MR) is 55.4 cm³/mol. The number of hydrogen-bond acceptors (Lipinski definition) is 3. The molecule has 0 amide bonds. The second-order valence-corrected chi connectivity index (χ2v) is 3.30. The maximum Gasteiger partial charge on any atom is 0.573 e.